The zero-order valence-corrected chi connectivity index (χ0v) is 15.8. The number of benzene rings is 2. The molecule has 0 saturated carbocycles. The summed E-state index contributed by atoms with van der Waals surface area (Å²) >= 11 is 7.58. The number of allylic oxidation sites excluding steroid dienone is 1. The van der Waals surface area contributed by atoms with Gasteiger partial charge in [-0.1, -0.05) is 41.6 Å². The number of rotatable bonds is 6. The molecule has 0 aliphatic heterocycles. The van der Waals surface area contributed by atoms with E-state index in [1.165, 1.54) is 23.9 Å². The van der Waals surface area contributed by atoms with Crippen molar-refractivity contribution in [1.82, 2.24) is 14.8 Å². The second-order valence-electron chi connectivity index (χ2n) is 5.91. The van der Waals surface area contributed by atoms with Gasteiger partial charge in [0, 0.05) is 22.7 Å². The van der Waals surface area contributed by atoms with E-state index in [-0.39, 0.29) is 5.82 Å². The van der Waals surface area contributed by atoms with Crippen molar-refractivity contribution in [2.75, 3.05) is 0 Å². The molecule has 0 N–H and O–H groups in total. The van der Waals surface area contributed by atoms with Crippen LogP contribution >= 0.6 is 23.4 Å². The Kier molecular flexibility index (Phi) is 5.01. The van der Waals surface area contributed by atoms with Crippen LogP contribution in [0.1, 0.15) is 5.56 Å². The Hall–Kier alpha value is -2.57. The van der Waals surface area contributed by atoms with Gasteiger partial charge >= 0.3 is 0 Å². The van der Waals surface area contributed by atoms with Crippen molar-refractivity contribution in [1.29, 1.82) is 0 Å². The van der Waals surface area contributed by atoms with Crippen LogP contribution in [0.15, 0.2) is 70.8 Å². The Morgan fingerprint density at radius 2 is 1.96 bits per heavy atom. The van der Waals surface area contributed by atoms with Gasteiger partial charge < -0.3 is 4.42 Å². The topological polar surface area (TPSA) is 43.9 Å². The van der Waals surface area contributed by atoms with Gasteiger partial charge in [0.25, 0.3) is 0 Å². The third kappa shape index (κ3) is 3.77. The molecular formula is C20H15ClFN3OS. The van der Waals surface area contributed by atoms with Gasteiger partial charge in [-0.3, -0.25) is 4.57 Å². The van der Waals surface area contributed by atoms with Gasteiger partial charge in [-0.2, -0.15) is 0 Å². The van der Waals surface area contributed by atoms with Crippen LogP contribution in [0.5, 0.6) is 0 Å². The van der Waals surface area contributed by atoms with E-state index >= 15 is 0 Å². The Labute approximate surface area is 164 Å². The summed E-state index contributed by atoms with van der Waals surface area (Å²) in [4.78, 5) is 0. The van der Waals surface area contributed by atoms with E-state index in [0.717, 1.165) is 21.7 Å². The third-order valence-electron chi connectivity index (χ3n) is 4.01. The van der Waals surface area contributed by atoms with Crippen LogP contribution in [0.3, 0.4) is 0 Å². The average molecular weight is 400 g/mol. The number of thioether (sulfide) groups is 1. The van der Waals surface area contributed by atoms with E-state index in [4.69, 9.17) is 16.0 Å². The van der Waals surface area contributed by atoms with Gasteiger partial charge in [0.2, 0.25) is 5.82 Å². The van der Waals surface area contributed by atoms with Crippen LogP contribution in [0.4, 0.5) is 4.39 Å². The summed E-state index contributed by atoms with van der Waals surface area (Å²) < 4.78 is 20.9. The van der Waals surface area contributed by atoms with E-state index in [1.807, 2.05) is 22.8 Å². The second-order valence-corrected chi connectivity index (χ2v) is 7.29. The largest absolute Gasteiger partial charge is 0.453 e. The number of aromatic nitrogens is 3. The predicted octanol–water partition coefficient (Wildman–Crippen LogP) is 5.96. The lowest BCUT2D eigenvalue weighted by molar-refractivity contribution is 0.613. The molecule has 2 heterocycles. The van der Waals surface area contributed by atoms with Gasteiger partial charge in [0.15, 0.2) is 10.9 Å². The molecule has 0 spiro atoms. The first-order valence-electron chi connectivity index (χ1n) is 8.25. The lowest BCUT2D eigenvalue weighted by Gasteiger charge is -2.06. The first-order chi connectivity index (χ1) is 13.1. The van der Waals surface area contributed by atoms with Crippen LogP contribution in [-0.4, -0.2) is 14.8 Å². The predicted molar refractivity (Wildman–Crippen MR) is 106 cm³/mol. The molecule has 2 aromatic heterocycles. The van der Waals surface area contributed by atoms with Crippen molar-refractivity contribution in [2.45, 2.75) is 17.5 Å². The zero-order valence-electron chi connectivity index (χ0n) is 14.2. The molecule has 4 aromatic rings. The molecule has 0 radical (unpaired) electrons. The highest BCUT2D eigenvalue weighted by molar-refractivity contribution is 7.98. The number of halogens is 2. The van der Waals surface area contributed by atoms with E-state index in [9.17, 15) is 4.39 Å². The summed E-state index contributed by atoms with van der Waals surface area (Å²) in [6.45, 7) is 4.37. The molecule has 4 nitrogen and oxygen atoms in total. The Balaban J connectivity index is 1.64. The van der Waals surface area contributed by atoms with Crippen LogP contribution in [-0.2, 0) is 12.3 Å². The second kappa shape index (κ2) is 7.58. The molecule has 2 aromatic carbocycles. The van der Waals surface area contributed by atoms with Gasteiger partial charge in [-0.15, -0.1) is 16.8 Å². The zero-order chi connectivity index (χ0) is 18.8. The number of hydrogen-bond donors (Lipinski definition) is 0. The molecule has 0 amide bonds. The fourth-order valence-corrected chi connectivity index (χ4v) is 3.81. The highest BCUT2D eigenvalue weighted by Gasteiger charge is 2.17. The molecule has 0 atom stereocenters. The van der Waals surface area contributed by atoms with Crippen molar-refractivity contribution in [3.63, 3.8) is 0 Å². The number of fused-ring (bicyclic) bond motifs is 1. The summed E-state index contributed by atoms with van der Waals surface area (Å²) in [6.07, 6.45) is 1.79. The number of nitrogens with zero attached hydrogens (tertiary/aromatic N) is 3. The number of hydrogen-bond acceptors (Lipinski definition) is 4. The lowest BCUT2D eigenvalue weighted by Crippen LogP contribution is -2.00. The van der Waals surface area contributed by atoms with Crippen LogP contribution in [0.25, 0.3) is 22.6 Å². The molecule has 0 aliphatic rings. The summed E-state index contributed by atoms with van der Waals surface area (Å²) in [5, 5.41) is 10.9. The molecular weight excluding hydrogens is 385 g/mol. The van der Waals surface area contributed by atoms with E-state index in [2.05, 4.69) is 16.8 Å². The molecule has 7 heteroatoms. The Morgan fingerprint density at radius 1 is 1.15 bits per heavy atom. The van der Waals surface area contributed by atoms with E-state index in [1.54, 1.807) is 24.3 Å². The monoisotopic (exact) mass is 399 g/mol. The average Bonchev–Trinajstić information content (AvgIpc) is 3.25. The Bertz CT molecular complexity index is 1100. The van der Waals surface area contributed by atoms with Crippen molar-refractivity contribution >= 4 is 34.3 Å². The SMILES string of the molecule is C=CCn1c(SCc2ccc(F)cc2)nnc1-c1cc2cc(Cl)ccc2o1. The van der Waals surface area contributed by atoms with Crippen molar-refractivity contribution < 1.29 is 8.81 Å². The molecule has 0 aliphatic carbocycles. The standard InChI is InChI=1S/C20H15ClFN3OS/c1-2-9-25-19(18-11-14-10-15(21)5-8-17(14)26-18)23-24-20(25)27-12-13-3-6-16(22)7-4-13/h2-8,10-11H,1,9,12H2. The first-order valence-corrected chi connectivity index (χ1v) is 9.61. The van der Waals surface area contributed by atoms with Gasteiger partial charge in [-0.05, 0) is 42.0 Å². The Morgan fingerprint density at radius 3 is 2.74 bits per heavy atom. The minimum absolute atomic E-state index is 0.245. The molecule has 0 unspecified atom stereocenters. The first kappa shape index (κ1) is 17.8. The maximum Gasteiger partial charge on any atom is 0.200 e. The molecule has 136 valence electrons. The van der Waals surface area contributed by atoms with E-state index in [0.29, 0.717) is 28.9 Å². The smallest absolute Gasteiger partial charge is 0.200 e. The van der Waals surface area contributed by atoms with Crippen LogP contribution in [0, 0.1) is 5.82 Å². The maximum atomic E-state index is 13.1. The van der Waals surface area contributed by atoms with Crippen molar-refractivity contribution in [3.8, 4) is 11.6 Å². The molecule has 0 saturated heterocycles. The summed E-state index contributed by atoms with van der Waals surface area (Å²) in [7, 11) is 0. The third-order valence-corrected chi connectivity index (χ3v) is 5.28. The molecule has 27 heavy (non-hydrogen) atoms. The van der Waals surface area contributed by atoms with Gasteiger partial charge in [0.05, 0.1) is 0 Å². The molecule has 0 fully saturated rings. The molecule has 4 rings (SSSR count). The fraction of sp³-hybridized carbons (Fsp3) is 0.100. The lowest BCUT2D eigenvalue weighted by atomic mass is 10.2. The van der Waals surface area contributed by atoms with Crippen LogP contribution < -0.4 is 0 Å². The quantitative estimate of drug-likeness (QED) is 0.296. The van der Waals surface area contributed by atoms with Crippen molar-refractivity contribution in [2.24, 2.45) is 0 Å². The minimum atomic E-state index is -0.245. The summed E-state index contributed by atoms with van der Waals surface area (Å²) in [5.41, 5.74) is 1.75. The summed E-state index contributed by atoms with van der Waals surface area (Å²) in [6, 6.07) is 13.8. The van der Waals surface area contributed by atoms with Crippen molar-refractivity contribution in [3.05, 3.63) is 77.6 Å². The summed E-state index contributed by atoms with van der Waals surface area (Å²) in [5.74, 6) is 1.66. The minimum Gasteiger partial charge on any atom is -0.453 e. The normalized spacial score (nSPS) is 11.2. The fourth-order valence-electron chi connectivity index (χ4n) is 2.72. The number of furan rings is 1. The van der Waals surface area contributed by atoms with Gasteiger partial charge in [0.1, 0.15) is 11.4 Å². The maximum absolute atomic E-state index is 13.1. The highest BCUT2D eigenvalue weighted by atomic mass is 35.5. The highest BCUT2D eigenvalue weighted by Crippen LogP contribution is 2.31. The van der Waals surface area contributed by atoms with Crippen LogP contribution in [0.2, 0.25) is 5.02 Å². The molecule has 0 bridgehead atoms. The van der Waals surface area contributed by atoms with Gasteiger partial charge in [-0.25, -0.2) is 4.39 Å². The van der Waals surface area contributed by atoms with E-state index < -0.39 is 0 Å².